The third kappa shape index (κ3) is 3.09. The van der Waals surface area contributed by atoms with Crippen LogP contribution in [0.5, 0.6) is 0 Å². The molecule has 3 aromatic carbocycles. The number of nitrogens with one attached hydrogen (secondary N) is 1. The largest absolute Gasteiger partial charge is 0.341 e. The van der Waals surface area contributed by atoms with Crippen LogP contribution in [0.15, 0.2) is 91.3 Å². The van der Waals surface area contributed by atoms with E-state index in [1.54, 1.807) is 4.68 Å². The van der Waals surface area contributed by atoms with E-state index in [4.69, 9.17) is 0 Å². The fourth-order valence-corrected chi connectivity index (χ4v) is 4.21. The van der Waals surface area contributed by atoms with Gasteiger partial charge in [-0.05, 0) is 30.3 Å². The fraction of sp³-hybridized carbons (Fsp3) is 0.0385. The molecule has 6 heteroatoms. The van der Waals surface area contributed by atoms with E-state index in [1.807, 2.05) is 79.0 Å². The smallest absolute Gasteiger partial charge is 0.256 e. The minimum Gasteiger partial charge on any atom is -0.341 e. The van der Waals surface area contributed by atoms with Gasteiger partial charge in [-0.1, -0.05) is 59.8 Å². The maximum Gasteiger partial charge on any atom is 0.256 e. The first-order chi connectivity index (χ1) is 15.8. The number of aromatic nitrogens is 4. The Morgan fingerprint density at radius 1 is 0.875 bits per heavy atom. The molecule has 0 saturated carbocycles. The van der Waals surface area contributed by atoms with Gasteiger partial charge in [-0.15, -0.1) is 5.10 Å². The number of hydrogen-bond acceptors (Lipinski definition) is 3. The standard InChI is InChI=1S/C26H19N5O/c32-26-23(22-11-4-6-12-24(22)27-26)14-18-15-30(25-13-7-5-10-21(18)25)16-19-17-31(29-28-19)20-8-2-1-3-9-20/h1-15,17H,16H2,(H,27,32). The van der Waals surface area contributed by atoms with Crippen LogP contribution in [0.3, 0.4) is 0 Å². The Hall–Kier alpha value is -4.45. The zero-order valence-electron chi connectivity index (χ0n) is 17.1. The fourth-order valence-electron chi connectivity index (χ4n) is 4.21. The Kier molecular flexibility index (Phi) is 4.21. The SMILES string of the molecule is O=C1Nc2ccccc2C1=Cc1cn(Cc2cn(-c3ccccc3)nn2)c2ccccc12. The molecular weight excluding hydrogens is 398 g/mol. The quantitative estimate of drug-likeness (QED) is 0.429. The summed E-state index contributed by atoms with van der Waals surface area (Å²) in [4.78, 5) is 12.6. The van der Waals surface area contributed by atoms with E-state index in [9.17, 15) is 4.79 Å². The lowest BCUT2D eigenvalue weighted by molar-refractivity contribution is -0.110. The van der Waals surface area contributed by atoms with Gasteiger partial charge in [0.2, 0.25) is 0 Å². The van der Waals surface area contributed by atoms with Gasteiger partial charge in [0.15, 0.2) is 0 Å². The zero-order chi connectivity index (χ0) is 21.5. The summed E-state index contributed by atoms with van der Waals surface area (Å²) in [5.41, 5.74) is 6.37. The van der Waals surface area contributed by atoms with Crippen molar-refractivity contribution in [1.29, 1.82) is 0 Å². The number of fused-ring (bicyclic) bond motifs is 2. The van der Waals surface area contributed by atoms with Gasteiger partial charge in [0.05, 0.1) is 18.4 Å². The van der Waals surface area contributed by atoms with Crippen molar-refractivity contribution in [2.45, 2.75) is 6.54 Å². The molecule has 3 heterocycles. The third-order valence-corrected chi connectivity index (χ3v) is 5.72. The number of nitrogens with zero attached hydrogens (tertiary/aromatic N) is 4. The molecule has 0 unspecified atom stereocenters. The summed E-state index contributed by atoms with van der Waals surface area (Å²) in [5.74, 6) is -0.0752. The van der Waals surface area contributed by atoms with Crippen LogP contribution in [0.2, 0.25) is 0 Å². The van der Waals surface area contributed by atoms with Crippen LogP contribution in [-0.2, 0) is 11.3 Å². The first-order valence-electron chi connectivity index (χ1n) is 10.4. The number of para-hydroxylation sites is 3. The summed E-state index contributed by atoms with van der Waals surface area (Å²) >= 11 is 0. The van der Waals surface area contributed by atoms with Crippen molar-refractivity contribution in [3.8, 4) is 5.69 Å². The van der Waals surface area contributed by atoms with Crippen LogP contribution in [0.25, 0.3) is 28.2 Å². The predicted molar refractivity (Wildman–Crippen MR) is 125 cm³/mol. The van der Waals surface area contributed by atoms with Crippen molar-refractivity contribution in [1.82, 2.24) is 19.6 Å². The van der Waals surface area contributed by atoms with Gasteiger partial charge in [0, 0.05) is 39.5 Å². The summed E-state index contributed by atoms with van der Waals surface area (Å²) in [6.45, 7) is 0.583. The molecule has 0 radical (unpaired) electrons. The van der Waals surface area contributed by atoms with Crippen LogP contribution in [-0.4, -0.2) is 25.5 Å². The minimum atomic E-state index is -0.0752. The molecule has 2 aromatic heterocycles. The highest BCUT2D eigenvalue weighted by atomic mass is 16.2. The van der Waals surface area contributed by atoms with E-state index in [0.717, 1.165) is 39.1 Å². The van der Waals surface area contributed by atoms with Crippen LogP contribution >= 0.6 is 0 Å². The molecule has 0 fully saturated rings. The highest BCUT2D eigenvalue weighted by Crippen LogP contribution is 2.34. The molecule has 0 bridgehead atoms. The summed E-state index contributed by atoms with van der Waals surface area (Å²) in [5, 5.41) is 12.7. The molecular formula is C26H19N5O. The Morgan fingerprint density at radius 2 is 1.66 bits per heavy atom. The van der Waals surface area contributed by atoms with Crippen molar-refractivity contribution in [3.63, 3.8) is 0 Å². The molecule has 5 aromatic rings. The average molecular weight is 417 g/mol. The maximum atomic E-state index is 12.6. The van der Waals surface area contributed by atoms with E-state index < -0.39 is 0 Å². The molecule has 1 N–H and O–H groups in total. The number of carbonyl (C=O) groups excluding carboxylic acids is 1. The lowest BCUT2D eigenvalue weighted by Gasteiger charge is -2.01. The maximum absolute atomic E-state index is 12.6. The van der Waals surface area contributed by atoms with Gasteiger partial charge in [-0.2, -0.15) is 0 Å². The molecule has 32 heavy (non-hydrogen) atoms. The van der Waals surface area contributed by atoms with Gasteiger partial charge < -0.3 is 9.88 Å². The van der Waals surface area contributed by atoms with Crippen molar-refractivity contribution >= 4 is 34.1 Å². The average Bonchev–Trinajstić information content (AvgIpc) is 3.52. The van der Waals surface area contributed by atoms with Gasteiger partial charge >= 0.3 is 0 Å². The number of rotatable bonds is 4. The number of hydrogen-bond donors (Lipinski definition) is 1. The van der Waals surface area contributed by atoms with Crippen LogP contribution < -0.4 is 5.32 Å². The Balaban J connectivity index is 1.39. The Labute approximate surface area is 184 Å². The molecule has 0 spiro atoms. The predicted octanol–water partition coefficient (Wildman–Crippen LogP) is 4.76. The normalized spacial score (nSPS) is 14.1. The number of carbonyl (C=O) groups is 1. The molecule has 154 valence electrons. The highest BCUT2D eigenvalue weighted by molar-refractivity contribution is 6.35. The van der Waals surface area contributed by atoms with E-state index in [2.05, 4.69) is 38.5 Å². The van der Waals surface area contributed by atoms with E-state index in [0.29, 0.717) is 12.1 Å². The van der Waals surface area contributed by atoms with Gasteiger partial charge in [-0.25, -0.2) is 4.68 Å². The van der Waals surface area contributed by atoms with Gasteiger partial charge in [0.25, 0.3) is 5.91 Å². The Morgan fingerprint density at radius 3 is 2.56 bits per heavy atom. The second kappa shape index (κ2) is 7.35. The second-order valence-corrected chi connectivity index (χ2v) is 7.78. The van der Waals surface area contributed by atoms with Crippen molar-refractivity contribution < 1.29 is 4.79 Å². The molecule has 0 atom stereocenters. The lowest BCUT2D eigenvalue weighted by Crippen LogP contribution is -2.03. The Bertz CT molecular complexity index is 1490. The van der Waals surface area contributed by atoms with Gasteiger partial charge in [0.1, 0.15) is 5.69 Å². The van der Waals surface area contributed by atoms with Crippen LogP contribution in [0.1, 0.15) is 16.8 Å². The van der Waals surface area contributed by atoms with Crippen molar-refractivity contribution in [2.24, 2.45) is 0 Å². The summed E-state index contributed by atoms with van der Waals surface area (Å²) < 4.78 is 3.93. The van der Waals surface area contributed by atoms with Crippen molar-refractivity contribution in [2.75, 3.05) is 5.32 Å². The number of amides is 1. The summed E-state index contributed by atoms with van der Waals surface area (Å²) in [7, 11) is 0. The minimum absolute atomic E-state index is 0.0752. The number of anilines is 1. The third-order valence-electron chi connectivity index (χ3n) is 5.72. The second-order valence-electron chi connectivity index (χ2n) is 7.78. The molecule has 0 saturated heterocycles. The molecule has 1 aliphatic heterocycles. The van der Waals surface area contributed by atoms with Crippen LogP contribution in [0, 0.1) is 0 Å². The topological polar surface area (TPSA) is 64.7 Å². The van der Waals surface area contributed by atoms with E-state index in [-0.39, 0.29) is 5.91 Å². The molecule has 1 amide bonds. The zero-order valence-corrected chi connectivity index (χ0v) is 17.1. The monoisotopic (exact) mass is 417 g/mol. The summed E-state index contributed by atoms with van der Waals surface area (Å²) in [6.07, 6.45) is 6.00. The number of benzene rings is 3. The first kappa shape index (κ1) is 18.3. The van der Waals surface area contributed by atoms with Crippen molar-refractivity contribution in [3.05, 3.63) is 108 Å². The molecule has 6 nitrogen and oxygen atoms in total. The highest BCUT2D eigenvalue weighted by Gasteiger charge is 2.24. The van der Waals surface area contributed by atoms with Gasteiger partial charge in [-0.3, -0.25) is 4.79 Å². The summed E-state index contributed by atoms with van der Waals surface area (Å²) in [6, 6.07) is 25.9. The molecule has 6 rings (SSSR count). The molecule has 1 aliphatic rings. The lowest BCUT2D eigenvalue weighted by atomic mass is 10.0. The molecule has 0 aliphatic carbocycles. The van der Waals surface area contributed by atoms with Crippen LogP contribution in [0.4, 0.5) is 5.69 Å². The first-order valence-corrected chi connectivity index (χ1v) is 10.4. The van der Waals surface area contributed by atoms with E-state index >= 15 is 0 Å². The van der Waals surface area contributed by atoms with E-state index in [1.165, 1.54) is 0 Å².